The van der Waals surface area contributed by atoms with Crippen LogP contribution in [0.25, 0.3) is 0 Å². The molecule has 1 aliphatic rings. The van der Waals surface area contributed by atoms with Crippen molar-refractivity contribution in [2.45, 2.75) is 51.4 Å². The van der Waals surface area contributed by atoms with Gasteiger partial charge in [0.25, 0.3) is 0 Å². The molecule has 0 radical (unpaired) electrons. The number of fused-ring (bicyclic) bond motifs is 1. The largest absolute Gasteiger partial charge is 0.354 e. The first-order chi connectivity index (χ1) is 10.8. The van der Waals surface area contributed by atoms with Crippen LogP contribution in [0.4, 0.5) is 0 Å². The quantitative estimate of drug-likeness (QED) is 0.828. The third-order valence-corrected chi connectivity index (χ3v) is 5.80. The SMILES string of the molecule is CCc1ccc2c(c1)[C@@H](NCC[C@H](C)NC(C)=O)CS(=O)(=O)C2. The molecule has 0 aromatic heterocycles. The van der Waals surface area contributed by atoms with Crippen molar-refractivity contribution in [3.05, 3.63) is 34.9 Å². The van der Waals surface area contributed by atoms with Crippen molar-refractivity contribution >= 4 is 15.7 Å². The molecule has 128 valence electrons. The van der Waals surface area contributed by atoms with Crippen LogP contribution < -0.4 is 10.6 Å². The van der Waals surface area contributed by atoms with Crippen LogP contribution in [-0.2, 0) is 26.8 Å². The summed E-state index contributed by atoms with van der Waals surface area (Å²) in [5, 5.41) is 6.20. The van der Waals surface area contributed by atoms with Crippen molar-refractivity contribution in [2.24, 2.45) is 0 Å². The zero-order chi connectivity index (χ0) is 17.0. The van der Waals surface area contributed by atoms with Crippen molar-refractivity contribution in [1.82, 2.24) is 10.6 Å². The molecule has 6 heteroatoms. The molecule has 1 heterocycles. The van der Waals surface area contributed by atoms with Crippen LogP contribution in [0, 0.1) is 0 Å². The molecule has 2 rings (SSSR count). The Kier molecular flexibility index (Phi) is 5.81. The molecule has 0 saturated heterocycles. The molecular formula is C17H26N2O3S. The number of sulfone groups is 1. The smallest absolute Gasteiger partial charge is 0.217 e. The first kappa shape index (κ1) is 17.9. The molecule has 23 heavy (non-hydrogen) atoms. The van der Waals surface area contributed by atoms with E-state index in [4.69, 9.17) is 0 Å². The van der Waals surface area contributed by atoms with Crippen molar-refractivity contribution in [2.75, 3.05) is 12.3 Å². The molecule has 2 atom stereocenters. The lowest BCUT2D eigenvalue weighted by Crippen LogP contribution is -2.37. The number of aryl methyl sites for hydroxylation is 1. The van der Waals surface area contributed by atoms with E-state index < -0.39 is 9.84 Å². The van der Waals surface area contributed by atoms with Crippen molar-refractivity contribution in [1.29, 1.82) is 0 Å². The molecule has 0 bridgehead atoms. The molecule has 2 N–H and O–H groups in total. The highest BCUT2D eigenvalue weighted by Gasteiger charge is 2.29. The van der Waals surface area contributed by atoms with Crippen LogP contribution in [0.15, 0.2) is 18.2 Å². The molecule has 1 aromatic carbocycles. The van der Waals surface area contributed by atoms with Gasteiger partial charge in [0.15, 0.2) is 9.84 Å². The van der Waals surface area contributed by atoms with E-state index >= 15 is 0 Å². The average Bonchev–Trinajstić information content (AvgIpc) is 2.45. The van der Waals surface area contributed by atoms with Gasteiger partial charge in [0.05, 0.1) is 11.5 Å². The first-order valence-corrected chi connectivity index (χ1v) is 9.95. The molecule has 5 nitrogen and oxygen atoms in total. The standard InChI is InChI=1S/C17H26N2O3S/c1-4-14-5-6-15-10-23(21,22)11-17(16(15)9-14)18-8-7-12(2)19-13(3)20/h5-6,9,12,17-18H,4,7-8,10-11H2,1-3H3,(H,19,20)/t12-,17-/m0/s1. The molecule has 0 aliphatic carbocycles. The minimum Gasteiger partial charge on any atom is -0.354 e. The summed E-state index contributed by atoms with van der Waals surface area (Å²) in [6.45, 7) is 6.21. The van der Waals surface area contributed by atoms with Crippen LogP contribution in [0.3, 0.4) is 0 Å². The van der Waals surface area contributed by atoms with Crippen LogP contribution >= 0.6 is 0 Å². The van der Waals surface area contributed by atoms with Gasteiger partial charge in [-0.2, -0.15) is 0 Å². The second kappa shape index (κ2) is 7.45. The molecule has 1 amide bonds. The van der Waals surface area contributed by atoms with Crippen LogP contribution in [-0.4, -0.2) is 32.7 Å². The van der Waals surface area contributed by atoms with E-state index in [0.717, 1.165) is 24.0 Å². The molecule has 0 saturated carbocycles. The second-order valence-corrected chi connectivity index (χ2v) is 8.45. The summed E-state index contributed by atoms with van der Waals surface area (Å²) in [5.74, 6) is 0.227. The minimum atomic E-state index is -3.07. The summed E-state index contributed by atoms with van der Waals surface area (Å²) in [6.07, 6.45) is 1.70. The molecule has 0 fully saturated rings. The lowest BCUT2D eigenvalue weighted by molar-refractivity contribution is -0.119. The summed E-state index contributed by atoms with van der Waals surface area (Å²) in [7, 11) is -3.07. The summed E-state index contributed by atoms with van der Waals surface area (Å²) in [5.41, 5.74) is 3.23. The van der Waals surface area contributed by atoms with Gasteiger partial charge < -0.3 is 10.6 Å². The van der Waals surface area contributed by atoms with Crippen LogP contribution in [0.5, 0.6) is 0 Å². The Balaban J connectivity index is 2.08. The predicted octanol–water partition coefficient (Wildman–Crippen LogP) is 1.72. The van der Waals surface area contributed by atoms with Gasteiger partial charge in [-0.1, -0.05) is 25.1 Å². The van der Waals surface area contributed by atoms with E-state index in [1.54, 1.807) is 0 Å². The number of nitrogens with one attached hydrogen (secondary N) is 2. The molecule has 1 aromatic rings. The number of rotatable bonds is 6. The maximum absolute atomic E-state index is 12.1. The summed E-state index contributed by atoms with van der Waals surface area (Å²) < 4.78 is 24.2. The van der Waals surface area contributed by atoms with Gasteiger partial charge in [-0.25, -0.2) is 8.42 Å². The monoisotopic (exact) mass is 338 g/mol. The Morgan fingerprint density at radius 2 is 2.13 bits per heavy atom. The highest BCUT2D eigenvalue weighted by molar-refractivity contribution is 7.90. The maximum Gasteiger partial charge on any atom is 0.217 e. The zero-order valence-corrected chi connectivity index (χ0v) is 14.9. The maximum atomic E-state index is 12.1. The average molecular weight is 338 g/mol. The fourth-order valence-corrected chi connectivity index (χ4v) is 4.68. The number of carbonyl (C=O) groups is 1. The van der Waals surface area contributed by atoms with Crippen molar-refractivity contribution in [3.63, 3.8) is 0 Å². The van der Waals surface area contributed by atoms with Gasteiger partial charge in [-0.05, 0) is 43.0 Å². The Morgan fingerprint density at radius 3 is 2.78 bits per heavy atom. The third kappa shape index (κ3) is 5.04. The van der Waals surface area contributed by atoms with E-state index in [1.807, 2.05) is 19.1 Å². The highest BCUT2D eigenvalue weighted by Crippen LogP contribution is 2.29. The Morgan fingerprint density at radius 1 is 1.39 bits per heavy atom. The molecule has 1 aliphatic heterocycles. The van der Waals surface area contributed by atoms with Crippen molar-refractivity contribution < 1.29 is 13.2 Å². The number of benzene rings is 1. The number of hydrogen-bond acceptors (Lipinski definition) is 4. The fraction of sp³-hybridized carbons (Fsp3) is 0.588. The first-order valence-electron chi connectivity index (χ1n) is 8.13. The fourth-order valence-electron chi connectivity index (χ4n) is 3.02. The van der Waals surface area contributed by atoms with E-state index in [9.17, 15) is 13.2 Å². The van der Waals surface area contributed by atoms with Gasteiger partial charge >= 0.3 is 0 Å². The summed E-state index contributed by atoms with van der Waals surface area (Å²) in [4.78, 5) is 11.0. The van der Waals surface area contributed by atoms with Gasteiger partial charge in [-0.15, -0.1) is 0 Å². The summed E-state index contributed by atoms with van der Waals surface area (Å²) >= 11 is 0. The van der Waals surface area contributed by atoms with Gasteiger partial charge in [0.1, 0.15) is 0 Å². The van der Waals surface area contributed by atoms with E-state index in [0.29, 0.717) is 6.54 Å². The lowest BCUT2D eigenvalue weighted by atomic mass is 9.98. The van der Waals surface area contributed by atoms with Crippen LogP contribution in [0.2, 0.25) is 0 Å². The van der Waals surface area contributed by atoms with E-state index in [1.165, 1.54) is 12.5 Å². The van der Waals surface area contributed by atoms with Gasteiger partial charge in [0, 0.05) is 19.0 Å². The Hall–Kier alpha value is -1.40. The molecule has 0 unspecified atom stereocenters. The number of amides is 1. The molecular weight excluding hydrogens is 312 g/mol. The normalized spacial score (nSPS) is 20.6. The Labute approximate surface area is 138 Å². The minimum absolute atomic E-state index is 0.0457. The number of hydrogen-bond donors (Lipinski definition) is 2. The number of carbonyl (C=O) groups excluding carboxylic acids is 1. The second-order valence-electron chi connectivity index (χ2n) is 6.34. The lowest BCUT2D eigenvalue weighted by Gasteiger charge is -2.27. The van der Waals surface area contributed by atoms with Gasteiger partial charge in [0.2, 0.25) is 5.91 Å². The third-order valence-electron chi connectivity index (χ3n) is 4.21. The van der Waals surface area contributed by atoms with Gasteiger partial charge in [-0.3, -0.25) is 4.79 Å². The van der Waals surface area contributed by atoms with E-state index in [-0.39, 0.29) is 29.5 Å². The highest BCUT2D eigenvalue weighted by atomic mass is 32.2. The molecule has 0 spiro atoms. The summed E-state index contributed by atoms with van der Waals surface area (Å²) in [6, 6.07) is 5.98. The van der Waals surface area contributed by atoms with E-state index in [2.05, 4.69) is 23.6 Å². The Bertz CT molecular complexity index is 670. The predicted molar refractivity (Wildman–Crippen MR) is 92.0 cm³/mol. The topological polar surface area (TPSA) is 75.3 Å². The van der Waals surface area contributed by atoms with Crippen molar-refractivity contribution in [3.8, 4) is 0 Å². The zero-order valence-electron chi connectivity index (χ0n) is 14.1. The van der Waals surface area contributed by atoms with Crippen LogP contribution in [0.1, 0.15) is 49.9 Å².